The van der Waals surface area contributed by atoms with E-state index in [1.807, 2.05) is 6.92 Å². The Hall–Kier alpha value is -2.00. The van der Waals surface area contributed by atoms with E-state index in [1.165, 1.54) is 18.3 Å². The van der Waals surface area contributed by atoms with Gasteiger partial charge in [0.2, 0.25) is 15.9 Å². The van der Waals surface area contributed by atoms with Crippen LogP contribution in [0.1, 0.15) is 18.6 Å². The Morgan fingerprint density at radius 2 is 2.19 bits per heavy atom. The van der Waals surface area contributed by atoms with Gasteiger partial charge in [0, 0.05) is 38.7 Å². The smallest absolute Gasteiger partial charge is 0.240 e. The summed E-state index contributed by atoms with van der Waals surface area (Å²) in [6, 6.07) is 2.94. The van der Waals surface area contributed by atoms with Crippen molar-refractivity contribution >= 4 is 15.8 Å². The van der Waals surface area contributed by atoms with Gasteiger partial charge in [-0.25, -0.2) is 18.1 Å². The van der Waals surface area contributed by atoms with Crippen LogP contribution in [-0.4, -0.2) is 36.6 Å². The van der Waals surface area contributed by atoms with Crippen LogP contribution in [-0.2, 0) is 16.4 Å². The molecule has 0 spiro atoms. The van der Waals surface area contributed by atoms with Crippen molar-refractivity contribution in [2.24, 2.45) is 0 Å². The van der Waals surface area contributed by atoms with Crippen molar-refractivity contribution in [3.05, 3.63) is 30.0 Å². The third kappa shape index (κ3) is 4.23. The summed E-state index contributed by atoms with van der Waals surface area (Å²) < 4.78 is 31.6. The number of pyridine rings is 1. The van der Waals surface area contributed by atoms with E-state index in [0.717, 1.165) is 0 Å². The predicted octanol–water partition coefficient (Wildman–Crippen LogP) is 0.726. The van der Waals surface area contributed by atoms with Gasteiger partial charge in [-0.2, -0.15) is 4.98 Å². The lowest BCUT2D eigenvalue weighted by molar-refractivity contribution is 0.387. The third-order valence-corrected chi connectivity index (χ3v) is 4.07. The van der Waals surface area contributed by atoms with Crippen molar-refractivity contribution < 1.29 is 12.9 Å². The van der Waals surface area contributed by atoms with Crippen LogP contribution < -0.4 is 10.0 Å². The first-order valence-corrected chi connectivity index (χ1v) is 7.98. The van der Waals surface area contributed by atoms with E-state index in [1.54, 1.807) is 6.92 Å². The lowest BCUT2D eigenvalue weighted by atomic mass is 10.4. The number of nitrogens with one attached hydrogen (secondary N) is 2. The highest BCUT2D eigenvalue weighted by atomic mass is 32.2. The Morgan fingerprint density at radius 1 is 1.38 bits per heavy atom. The minimum Gasteiger partial charge on any atom is -0.370 e. The fourth-order valence-corrected chi connectivity index (χ4v) is 2.72. The van der Waals surface area contributed by atoms with Gasteiger partial charge in [-0.3, -0.25) is 0 Å². The quantitative estimate of drug-likeness (QED) is 0.775. The zero-order valence-corrected chi connectivity index (χ0v) is 12.6. The molecule has 0 aliphatic rings. The van der Waals surface area contributed by atoms with E-state index >= 15 is 0 Å². The molecule has 0 atom stereocenters. The minimum atomic E-state index is -3.58. The largest absolute Gasteiger partial charge is 0.370 e. The van der Waals surface area contributed by atoms with Gasteiger partial charge in [0.1, 0.15) is 5.82 Å². The molecule has 0 amide bonds. The molecule has 8 nitrogen and oxygen atoms in total. The molecular formula is C12H17N5O3S. The average molecular weight is 311 g/mol. The fraction of sp³-hybridized carbons (Fsp3) is 0.417. The van der Waals surface area contributed by atoms with E-state index < -0.39 is 10.0 Å². The number of hydrogen-bond acceptors (Lipinski definition) is 7. The van der Waals surface area contributed by atoms with Gasteiger partial charge in [0.15, 0.2) is 5.82 Å². The summed E-state index contributed by atoms with van der Waals surface area (Å²) in [6.07, 6.45) is 1.82. The molecule has 0 saturated carbocycles. The van der Waals surface area contributed by atoms with Gasteiger partial charge < -0.3 is 9.84 Å². The maximum absolute atomic E-state index is 12.2. The molecule has 2 heterocycles. The van der Waals surface area contributed by atoms with Gasteiger partial charge >= 0.3 is 0 Å². The molecule has 0 fully saturated rings. The summed E-state index contributed by atoms with van der Waals surface area (Å²) >= 11 is 0. The van der Waals surface area contributed by atoms with Crippen molar-refractivity contribution in [3.8, 4) is 0 Å². The van der Waals surface area contributed by atoms with Crippen molar-refractivity contribution in [1.29, 1.82) is 0 Å². The normalized spacial score (nSPS) is 11.5. The number of nitrogens with zero attached hydrogens (tertiary/aromatic N) is 3. The molecule has 9 heteroatoms. The van der Waals surface area contributed by atoms with Crippen molar-refractivity contribution in [3.63, 3.8) is 0 Å². The summed E-state index contributed by atoms with van der Waals surface area (Å²) in [6.45, 7) is 4.45. The second-order valence-electron chi connectivity index (χ2n) is 4.28. The van der Waals surface area contributed by atoms with Crippen molar-refractivity contribution in [1.82, 2.24) is 19.8 Å². The van der Waals surface area contributed by atoms with E-state index in [-0.39, 0.29) is 11.4 Å². The molecule has 2 aromatic rings. The molecule has 0 aromatic carbocycles. The van der Waals surface area contributed by atoms with E-state index in [0.29, 0.717) is 30.5 Å². The molecule has 0 unspecified atom stereocenters. The molecule has 0 aliphatic heterocycles. The number of sulfonamides is 1. The van der Waals surface area contributed by atoms with E-state index in [9.17, 15) is 8.42 Å². The van der Waals surface area contributed by atoms with Gasteiger partial charge in [-0.1, -0.05) is 5.16 Å². The van der Waals surface area contributed by atoms with Crippen LogP contribution in [0.5, 0.6) is 0 Å². The van der Waals surface area contributed by atoms with Crippen LogP contribution in [0.25, 0.3) is 0 Å². The van der Waals surface area contributed by atoms with Gasteiger partial charge in [-0.15, -0.1) is 0 Å². The van der Waals surface area contributed by atoms with Crippen LogP contribution >= 0.6 is 0 Å². The highest BCUT2D eigenvalue weighted by Crippen LogP contribution is 2.12. The standard InChI is InChI=1S/C12H17N5O3S/c1-3-13-12-8-10(4-6-14-12)21(18,19)15-7-5-11-16-9(2)20-17-11/h4,6,8,15H,3,5,7H2,1-2H3,(H,13,14). The molecule has 2 rings (SSSR count). The molecule has 0 saturated heterocycles. The molecule has 0 bridgehead atoms. The third-order valence-electron chi connectivity index (χ3n) is 2.61. The van der Waals surface area contributed by atoms with Gasteiger partial charge in [-0.05, 0) is 13.0 Å². The maximum atomic E-state index is 12.2. The molecule has 2 N–H and O–H groups in total. The summed E-state index contributed by atoms with van der Waals surface area (Å²) in [5, 5.41) is 6.67. The van der Waals surface area contributed by atoms with Crippen LogP contribution in [0.2, 0.25) is 0 Å². The molecule has 2 aromatic heterocycles. The summed E-state index contributed by atoms with van der Waals surface area (Å²) in [4.78, 5) is 8.21. The van der Waals surface area contributed by atoms with Crippen molar-refractivity contribution in [2.45, 2.75) is 25.2 Å². The molecule has 0 radical (unpaired) electrons. The van der Waals surface area contributed by atoms with E-state index in [2.05, 4.69) is 25.2 Å². The van der Waals surface area contributed by atoms with E-state index in [4.69, 9.17) is 4.52 Å². The minimum absolute atomic E-state index is 0.165. The van der Waals surface area contributed by atoms with Crippen LogP contribution in [0.3, 0.4) is 0 Å². The lowest BCUT2D eigenvalue weighted by Gasteiger charge is -2.07. The SMILES string of the molecule is CCNc1cc(S(=O)(=O)NCCc2noc(C)n2)ccn1. The van der Waals surface area contributed by atoms with Crippen LogP contribution in [0.4, 0.5) is 5.82 Å². The molecule has 0 aliphatic carbocycles. The molecular weight excluding hydrogens is 294 g/mol. The second-order valence-corrected chi connectivity index (χ2v) is 6.05. The zero-order chi connectivity index (χ0) is 15.3. The van der Waals surface area contributed by atoms with Gasteiger partial charge in [0.25, 0.3) is 0 Å². The topological polar surface area (TPSA) is 110 Å². The number of aryl methyl sites for hydroxylation is 1. The summed E-state index contributed by atoms with van der Waals surface area (Å²) in [7, 11) is -3.58. The highest BCUT2D eigenvalue weighted by molar-refractivity contribution is 7.89. The van der Waals surface area contributed by atoms with Crippen molar-refractivity contribution in [2.75, 3.05) is 18.4 Å². The van der Waals surface area contributed by atoms with Crippen LogP contribution in [0, 0.1) is 6.92 Å². The Morgan fingerprint density at radius 3 is 2.86 bits per heavy atom. The Bertz CT molecular complexity index is 698. The average Bonchev–Trinajstić information content (AvgIpc) is 2.85. The number of rotatable bonds is 7. The highest BCUT2D eigenvalue weighted by Gasteiger charge is 2.15. The second kappa shape index (κ2) is 6.64. The predicted molar refractivity (Wildman–Crippen MR) is 76.3 cm³/mol. The first-order valence-electron chi connectivity index (χ1n) is 6.50. The molecule has 114 valence electrons. The summed E-state index contributed by atoms with van der Waals surface area (Å²) in [5.74, 6) is 1.45. The zero-order valence-electron chi connectivity index (χ0n) is 11.8. The monoisotopic (exact) mass is 311 g/mol. The Labute approximate surface area is 123 Å². The summed E-state index contributed by atoms with van der Waals surface area (Å²) in [5.41, 5.74) is 0. The maximum Gasteiger partial charge on any atom is 0.240 e. The Balaban J connectivity index is 1.99. The van der Waals surface area contributed by atoms with Gasteiger partial charge in [0.05, 0.1) is 4.90 Å². The number of hydrogen-bond donors (Lipinski definition) is 2. The lowest BCUT2D eigenvalue weighted by Crippen LogP contribution is -2.26. The molecule has 21 heavy (non-hydrogen) atoms. The Kier molecular flexibility index (Phi) is 4.86. The first-order chi connectivity index (χ1) is 10.0. The number of aromatic nitrogens is 3. The fourth-order valence-electron chi connectivity index (χ4n) is 1.68. The first kappa shape index (κ1) is 15.4. The van der Waals surface area contributed by atoms with Crippen LogP contribution in [0.15, 0.2) is 27.7 Å². The number of anilines is 1.